The van der Waals surface area contributed by atoms with Crippen LogP contribution < -0.4 is 5.56 Å². The monoisotopic (exact) mass is 287 g/mol. The standard InChI is InChI=1S/C14H17N5O2/c1-10-12(4-5-13(20)16-10)14(21)19-7-2-3-11(19)9-18-8-6-15-17-18/h4-6,8,11H,2-3,7,9H2,1H3,(H,16,20)/t11-/m0/s1. The van der Waals surface area contributed by atoms with E-state index in [1.807, 2.05) is 4.90 Å². The summed E-state index contributed by atoms with van der Waals surface area (Å²) in [7, 11) is 0. The third kappa shape index (κ3) is 2.72. The van der Waals surface area contributed by atoms with Gasteiger partial charge in [0.05, 0.1) is 24.3 Å². The van der Waals surface area contributed by atoms with Crippen LogP contribution in [0.4, 0.5) is 0 Å². The molecule has 1 aliphatic rings. The van der Waals surface area contributed by atoms with Crippen molar-refractivity contribution in [2.45, 2.75) is 32.4 Å². The molecule has 0 bridgehead atoms. The molecule has 0 aromatic carbocycles. The van der Waals surface area contributed by atoms with Crippen LogP contribution in [-0.4, -0.2) is 43.4 Å². The molecule has 21 heavy (non-hydrogen) atoms. The third-order valence-corrected chi connectivity index (χ3v) is 3.85. The van der Waals surface area contributed by atoms with Crippen LogP contribution in [0, 0.1) is 6.92 Å². The maximum absolute atomic E-state index is 12.7. The zero-order valence-corrected chi connectivity index (χ0v) is 11.8. The smallest absolute Gasteiger partial charge is 0.255 e. The van der Waals surface area contributed by atoms with Gasteiger partial charge in [-0.3, -0.25) is 14.3 Å². The number of amides is 1. The summed E-state index contributed by atoms with van der Waals surface area (Å²) in [6.07, 6.45) is 5.36. The number of rotatable bonds is 3. The lowest BCUT2D eigenvalue weighted by molar-refractivity contribution is 0.0720. The Morgan fingerprint density at radius 1 is 1.48 bits per heavy atom. The van der Waals surface area contributed by atoms with Crippen molar-refractivity contribution in [1.82, 2.24) is 24.9 Å². The lowest BCUT2D eigenvalue weighted by Crippen LogP contribution is -2.38. The Labute approximate surface area is 121 Å². The first kappa shape index (κ1) is 13.5. The van der Waals surface area contributed by atoms with Gasteiger partial charge in [0.15, 0.2) is 0 Å². The lowest BCUT2D eigenvalue weighted by Gasteiger charge is -2.25. The maximum atomic E-state index is 12.7. The summed E-state index contributed by atoms with van der Waals surface area (Å²) < 4.78 is 1.75. The Balaban J connectivity index is 1.81. The lowest BCUT2D eigenvalue weighted by atomic mass is 10.1. The summed E-state index contributed by atoms with van der Waals surface area (Å²) in [5.41, 5.74) is 0.976. The molecule has 0 aliphatic carbocycles. The van der Waals surface area contributed by atoms with Gasteiger partial charge in [0.1, 0.15) is 0 Å². The molecule has 3 rings (SSSR count). The van der Waals surface area contributed by atoms with Crippen molar-refractivity contribution in [2.24, 2.45) is 0 Å². The summed E-state index contributed by atoms with van der Waals surface area (Å²) in [6, 6.07) is 3.11. The first-order chi connectivity index (χ1) is 10.1. The largest absolute Gasteiger partial charge is 0.334 e. The summed E-state index contributed by atoms with van der Waals surface area (Å²) in [5.74, 6) is -0.0358. The van der Waals surface area contributed by atoms with Crippen LogP contribution in [0.3, 0.4) is 0 Å². The minimum Gasteiger partial charge on any atom is -0.334 e. The first-order valence-corrected chi connectivity index (χ1v) is 7.00. The summed E-state index contributed by atoms with van der Waals surface area (Å²) >= 11 is 0. The molecule has 7 nitrogen and oxygen atoms in total. The van der Waals surface area contributed by atoms with Gasteiger partial charge in [-0.2, -0.15) is 0 Å². The highest BCUT2D eigenvalue weighted by Crippen LogP contribution is 2.21. The predicted molar refractivity (Wildman–Crippen MR) is 75.9 cm³/mol. The highest BCUT2D eigenvalue weighted by Gasteiger charge is 2.30. The average molecular weight is 287 g/mol. The van der Waals surface area contributed by atoms with Crippen LogP contribution in [0.2, 0.25) is 0 Å². The molecule has 0 spiro atoms. The van der Waals surface area contributed by atoms with Crippen LogP contribution in [0.1, 0.15) is 28.9 Å². The van der Waals surface area contributed by atoms with E-state index in [-0.39, 0.29) is 17.5 Å². The van der Waals surface area contributed by atoms with E-state index in [9.17, 15) is 9.59 Å². The zero-order chi connectivity index (χ0) is 14.8. The number of aromatic amines is 1. The number of aryl methyl sites for hydroxylation is 1. The number of hydrogen-bond acceptors (Lipinski definition) is 4. The molecule has 7 heteroatoms. The van der Waals surface area contributed by atoms with Gasteiger partial charge in [-0.05, 0) is 25.8 Å². The van der Waals surface area contributed by atoms with Crippen molar-refractivity contribution in [3.63, 3.8) is 0 Å². The van der Waals surface area contributed by atoms with E-state index < -0.39 is 0 Å². The summed E-state index contributed by atoms with van der Waals surface area (Å²) in [6.45, 7) is 3.13. The Hall–Kier alpha value is -2.44. The number of H-pyrrole nitrogens is 1. The number of pyridine rings is 1. The second-order valence-corrected chi connectivity index (χ2v) is 5.28. The van der Waals surface area contributed by atoms with Crippen molar-refractivity contribution in [3.8, 4) is 0 Å². The second-order valence-electron chi connectivity index (χ2n) is 5.28. The number of carbonyl (C=O) groups excluding carboxylic acids is 1. The van der Waals surface area contributed by atoms with E-state index in [2.05, 4.69) is 15.3 Å². The molecule has 1 N–H and O–H groups in total. The van der Waals surface area contributed by atoms with Crippen LogP contribution >= 0.6 is 0 Å². The normalized spacial score (nSPS) is 18.1. The Kier molecular flexibility index (Phi) is 3.55. The van der Waals surface area contributed by atoms with Crippen LogP contribution in [-0.2, 0) is 6.54 Å². The van der Waals surface area contributed by atoms with Gasteiger partial charge in [0.25, 0.3) is 5.91 Å². The van der Waals surface area contributed by atoms with Crippen molar-refractivity contribution in [2.75, 3.05) is 6.54 Å². The molecule has 2 aromatic heterocycles. The van der Waals surface area contributed by atoms with Gasteiger partial charge in [-0.15, -0.1) is 5.10 Å². The van der Waals surface area contributed by atoms with Crippen molar-refractivity contribution in [1.29, 1.82) is 0 Å². The molecule has 1 atom stereocenters. The van der Waals surface area contributed by atoms with E-state index in [1.165, 1.54) is 6.07 Å². The van der Waals surface area contributed by atoms with Crippen molar-refractivity contribution >= 4 is 5.91 Å². The maximum Gasteiger partial charge on any atom is 0.255 e. The van der Waals surface area contributed by atoms with Crippen molar-refractivity contribution in [3.05, 3.63) is 46.1 Å². The molecular formula is C14H17N5O2. The third-order valence-electron chi connectivity index (χ3n) is 3.85. The molecule has 0 unspecified atom stereocenters. The molecule has 110 valence electrons. The molecule has 1 saturated heterocycles. The highest BCUT2D eigenvalue weighted by atomic mass is 16.2. The van der Waals surface area contributed by atoms with Crippen LogP contribution in [0.5, 0.6) is 0 Å². The molecule has 0 saturated carbocycles. The summed E-state index contributed by atoms with van der Waals surface area (Å²) in [4.78, 5) is 28.5. The Bertz CT molecular complexity index is 692. The van der Waals surface area contributed by atoms with Gasteiger partial charge in [-0.1, -0.05) is 5.21 Å². The van der Waals surface area contributed by atoms with E-state index in [4.69, 9.17) is 0 Å². The molecule has 1 aliphatic heterocycles. The number of likely N-dealkylation sites (tertiary alicyclic amines) is 1. The van der Waals surface area contributed by atoms with Gasteiger partial charge in [0, 0.05) is 24.5 Å². The van der Waals surface area contributed by atoms with Gasteiger partial charge in [-0.25, -0.2) is 0 Å². The number of aromatic nitrogens is 4. The average Bonchev–Trinajstić information content (AvgIpc) is 3.10. The zero-order valence-electron chi connectivity index (χ0n) is 11.8. The highest BCUT2D eigenvalue weighted by molar-refractivity contribution is 5.95. The SMILES string of the molecule is Cc1[nH]c(=O)ccc1C(=O)N1CCC[C@H]1Cn1ccnn1. The number of nitrogens with zero attached hydrogens (tertiary/aromatic N) is 4. The first-order valence-electron chi connectivity index (χ1n) is 7.00. The van der Waals surface area contributed by atoms with E-state index in [1.54, 1.807) is 30.1 Å². The topological polar surface area (TPSA) is 83.9 Å². The molecule has 1 fully saturated rings. The van der Waals surface area contributed by atoms with Gasteiger partial charge >= 0.3 is 0 Å². The Morgan fingerprint density at radius 3 is 3.05 bits per heavy atom. The molecule has 0 radical (unpaired) electrons. The van der Waals surface area contributed by atoms with Crippen LogP contribution in [0.25, 0.3) is 0 Å². The van der Waals surface area contributed by atoms with Gasteiger partial charge in [0.2, 0.25) is 5.56 Å². The minimum atomic E-state index is -0.190. The van der Waals surface area contributed by atoms with Crippen molar-refractivity contribution < 1.29 is 4.79 Å². The molecule has 1 amide bonds. The number of hydrogen-bond donors (Lipinski definition) is 1. The number of carbonyl (C=O) groups is 1. The molecule has 2 aromatic rings. The molecule has 3 heterocycles. The second kappa shape index (κ2) is 5.51. The molecular weight excluding hydrogens is 270 g/mol. The van der Waals surface area contributed by atoms with E-state index in [0.717, 1.165) is 19.4 Å². The minimum absolute atomic E-state index is 0.0358. The van der Waals surface area contributed by atoms with Gasteiger partial charge < -0.3 is 9.88 Å². The van der Waals surface area contributed by atoms with E-state index in [0.29, 0.717) is 17.8 Å². The number of nitrogens with one attached hydrogen (secondary N) is 1. The fourth-order valence-electron chi connectivity index (χ4n) is 2.80. The van der Waals surface area contributed by atoms with E-state index >= 15 is 0 Å². The quantitative estimate of drug-likeness (QED) is 0.895. The fourth-order valence-corrected chi connectivity index (χ4v) is 2.80. The predicted octanol–water partition coefficient (Wildman–Crippen LogP) is 0.580. The Morgan fingerprint density at radius 2 is 2.33 bits per heavy atom. The fraction of sp³-hybridized carbons (Fsp3) is 0.429. The summed E-state index contributed by atoms with van der Waals surface area (Å²) in [5, 5.41) is 7.74. The van der Waals surface area contributed by atoms with Crippen LogP contribution in [0.15, 0.2) is 29.3 Å².